The number of carbonyl (C=O) groups is 1. The summed E-state index contributed by atoms with van der Waals surface area (Å²) in [6.45, 7) is 0. The third-order valence-electron chi connectivity index (χ3n) is 2.12. The van der Waals surface area contributed by atoms with Crippen LogP contribution >= 0.6 is 11.3 Å². The second-order valence-electron chi connectivity index (χ2n) is 3.34. The monoisotopic (exact) mass is 255 g/mol. The zero-order valence-corrected chi connectivity index (χ0v) is 9.30. The van der Waals surface area contributed by atoms with Gasteiger partial charge in [-0.3, -0.25) is 0 Å². The number of aromatic nitrogens is 1. The Hall–Kier alpha value is -1.82. The van der Waals surface area contributed by atoms with E-state index in [-0.39, 0.29) is 17.7 Å². The average Bonchev–Trinajstić information content (AvgIpc) is 2.72. The van der Waals surface area contributed by atoms with Crippen LogP contribution < -0.4 is 0 Å². The summed E-state index contributed by atoms with van der Waals surface area (Å²) in [4.78, 5) is 14.4. The van der Waals surface area contributed by atoms with E-state index in [1.807, 2.05) is 0 Å². The van der Waals surface area contributed by atoms with Crippen molar-refractivity contribution in [2.24, 2.45) is 0 Å². The van der Waals surface area contributed by atoms with E-state index < -0.39 is 17.6 Å². The molecule has 1 N–H and O–H groups in total. The predicted molar refractivity (Wildman–Crippen MR) is 58.2 cm³/mol. The lowest BCUT2D eigenvalue weighted by Crippen LogP contribution is -1.98. The van der Waals surface area contributed by atoms with Gasteiger partial charge in [-0.05, 0) is 23.8 Å². The molecule has 17 heavy (non-hydrogen) atoms. The molecule has 0 bridgehead atoms. The van der Waals surface area contributed by atoms with Gasteiger partial charge >= 0.3 is 5.97 Å². The highest BCUT2D eigenvalue weighted by Gasteiger charge is 2.11. The first-order chi connectivity index (χ1) is 8.06. The zero-order chi connectivity index (χ0) is 12.4. The number of hydrogen-bond donors (Lipinski definition) is 1. The summed E-state index contributed by atoms with van der Waals surface area (Å²) in [5, 5.41) is 10.5. The minimum absolute atomic E-state index is 0.0817. The average molecular weight is 255 g/mol. The van der Waals surface area contributed by atoms with Crippen molar-refractivity contribution >= 4 is 17.3 Å². The van der Waals surface area contributed by atoms with Crippen molar-refractivity contribution in [3.05, 3.63) is 51.5 Å². The van der Waals surface area contributed by atoms with Crippen molar-refractivity contribution in [2.75, 3.05) is 0 Å². The van der Waals surface area contributed by atoms with Crippen molar-refractivity contribution in [1.82, 2.24) is 4.98 Å². The van der Waals surface area contributed by atoms with Crippen LogP contribution in [0, 0.1) is 11.6 Å². The fraction of sp³-hybridized carbons (Fsp3) is 0.0909. The number of benzene rings is 1. The lowest BCUT2D eigenvalue weighted by molar-refractivity contribution is 0.0691. The Labute approximate surface area is 99.4 Å². The Morgan fingerprint density at radius 3 is 2.82 bits per heavy atom. The normalized spacial score (nSPS) is 10.5. The molecule has 0 atom stereocenters. The molecule has 1 aromatic carbocycles. The van der Waals surface area contributed by atoms with Gasteiger partial charge in [0.05, 0.1) is 5.01 Å². The highest BCUT2D eigenvalue weighted by Crippen LogP contribution is 2.18. The van der Waals surface area contributed by atoms with Crippen LogP contribution in [0.15, 0.2) is 23.6 Å². The molecule has 1 aromatic heterocycles. The van der Waals surface area contributed by atoms with E-state index in [0.717, 1.165) is 29.5 Å². The number of aromatic carboxylic acids is 1. The standard InChI is InChI=1S/C11H7F2NO2S/c12-7-1-2-8(13)6(3-7)4-10-14-9(5-17-10)11(15)16/h1-3,5H,4H2,(H,15,16). The van der Waals surface area contributed by atoms with Gasteiger partial charge in [0.2, 0.25) is 0 Å². The van der Waals surface area contributed by atoms with Gasteiger partial charge in [0, 0.05) is 11.8 Å². The maximum atomic E-state index is 13.3. The SMILES string of the molecule is O=C(O)c1csc(Cc2cc(F)ccc2F)n1. The number of carboxylic acid groups (broad SMARTS) is 1. The molecule has 0 radical (unpaired) electrons. The maximum absolute atomic E-state index is 13.3. The first-order valence-corrected chi connectivity index (χ1v) is 5.56. The molecule has 0 aliphatic heterocycles. The third kappa shape index (κ3) is 2.65. The Balaban J connectivity index is 2.25. The van der Waals surface area contributed by atoms with Crippen LogP contribution in [0.5, 0.6) is 0 Å². The second-order valence-corrected chi connectivity index (χ2v) is 4.29. The minimum Gasteiger partial charge on any atom is -0.476 e. The van der Waals surface area contributed by atoms with E-state index in [1.54, 1.807) is 0 Å². The van der Waals surface area contributed by atoms with Crippen LogP contribution in [0.2, 0.25) is 0 Å². The van der Waals surface area contributed by atoms with Crippen molar-refractivity contribution in [2.45, 2.75) is 6.42 Å². The number of thiazole rings is 1. The fourth-order valence-electron chi connectivity index (χ4n) is 1.33. The van der Waals surface area contributed by atoms with Crippen LogP contribution in [0.1, 0.15) is 21.1 Å². The molecular formula is C11H7F2NO2S. The summed E-state index contributed by atoms with van der Waals surface area (Å²) in [5.74, 6) is -2.19. The Morgan fingerprint density at radius 2 is 2.18 bits per heavy atom. The molecule has 0 spiro atoms. The zero-order valence-electron chi connectivity index (χ0n) is 8.48. The molecule has 3 nitrogen and oxygen atoms in total. The lowest BCUT2D eigenvalue weighted by Gasteiger charge is -2.00. The lowest BCUT2D eigenvalue weighted by atomic mass is 10.1. The van der Waals surface area contributed by atoms with Crippen LogP contribution in [-0.2, 0) is 6.42 Å². The van der Waals surface area contributed by atoms with Gasteiger partial charge in [-0.1, -0.05) is 0 Å². The summed E-state index contributed by atoms with van der Waals surface area (Å²) < 4.78 is 26.2. The van der Waals surface area contributed by atoms with E-state index in [4.69, 9.17) is 5.11 Å². The largest absolute Gasteiger partial charge is 0.476 e. The molecule has 2 rings (SSSR count). The molecule has 0 aliphatic rings. The van der Waals surface area contributed by atoms with Crippen molar-refractivity contribution in [3.8, 4) is 0 Å². The van der Waals surface area contributed by atoms with Crippen molar-refractivity contribution in [1.29, 1.82) is 0 Å². The third-order valence-corrected chi connectivity index (χ3v) is 2.97. The Kier molecular flexibility index (Phi) is 3.14. The molecular weight excluding hydrogens is 248 g/mol. The highest BCUT2D eigenvalue weighted by atomic mass is 32.1. The van der Waals surface area contributed by atoms with Crippen LogP contribution in [-0.4, -0.2) is 16.1 Å². The van der Waals surface area contributed by atoms with E-state index >= 15 is 0 Å². The molecule has 2 aromatic rings. The van der Waals surface area contributed by atoms with Gasteiger partial charge in [0.25, 0.3) is 0 Å². The van der Waals surface area contributed by atoms with E-state index in [1.165, 1.54) is 5.38 Å². The van der Waals surface area contributed by atoms with Gasteiger partial charge in [-0.2, -0.15) is 0 Å². The molecule has 6 heteroatoms. The first-order valence-electron chi connectivity index (χ1n) is 4.68. The van der Waals surface area contributed by atoms with E-state index in [9.17, 15) is 13.6 Å². The molecule has 0 saturated heterocycles. The summed E-state index contributed by atoms with van der Waals surface area (Å²) in [6, 6.07) is 3.15. The summed E-state index contributed by atoms with van der Waals surface area (Å²) in [6.07, 6.45) is 0.0849. The second kappa shape index (κ2) is 4.58. The Bertz CT molecular complexity index is 568. The highest BCUT2D eigenvalue weighted by molar-refractivity contribution is 7.09. The van der Waals surface area contributed by atoms with Crippen molar-refractivity contribution < 1.29 is 18.7 Å². The van der Waals surface area contributed by atoms with Crippen LogP contribution in [0.25, 0.3) is 0 Å². The number of halogens is 2. The van der Waals surface area contributed by atoms with Gasteiger partial charge < -0.3 is 5.11 Å². The predicted octanol–water partition coefficient (Wildman–Crippen LogP) is 2.71. The number of rotatable bonds is 3. The molecule has 1 heterocycles. The van der Waals surface area contributed by atoms with Crippen LogP contribution in [0.4, 0.5) is 8.78 Å². The smallest absolute Gasteiger partial charge is 0.355 e. The van der Waals surface area contributed by atoms with Crippen LogP contribution in [0.3, 0.4) is 0 Å². The molecule has 0 amide bonds. The molecule has 0 saturated carbocycles. The first kappa shape index (κ1) is 11.7. The molecule has 0 unspecified atom stereocenters. The minimum atomic E-state index is -1.13. The fourth-order valence-corrected chi connectivity index (χ4v) is 2.12. The molecule has 0 aliphatic carbocycles. The van der Waals surface area contributed by atoms with Crippen molar-refractivity contribution in [3.63, 3.8) is 0 Å². The number of carboxylic acids is 1. The van der Waals surface area contributed by atoms with Gasteiger partial charge in [-0.25, -0.2) is 18.6 Å². The van der Waals surface area contributed by atoms with Gasteiger partial charge in [0.15, 0.2) is 5.69 Å². The maximum Gasteiger partial charge on any atom is 0.355 e. The molecule has 0 fully saturated rings. The van der Waals surface area contributed by atoms with E-state index in [0.29, 0.717) is 5.01 Å². The summed E-state index contributed by atoms with van der Waals surface area (Å²) in [5.41, 5.74) is 0.0816. The topological polar surface area (TPSA) is 50.2 Å². The van der Waals surface area contributed by atoms with Gasteiger partial charge in [0.1, 0.15) is 11.6 Å². The summed E-state index contributed by atoms with van der Waals surface area (Å²) in [7, 11) is 0. The quantitative estimate of drug-likeness (QED) is 0.917. The van der Waals surface area contributed by atoms with Gasteiger partial charge in [-0.15, -0.1) is 11.3 Å². The Morgan fingerprint density at radius 1 is 1.41 bits per heavy atom. The van der Waals surface area contributed by atoms with E-state index in [2.05, 4.69) is 4.98 Å². The summed E-state index contributed by atoms with van der Waals surface area (Å²) >= 11 is 1.11. The number of hydrogen-bond acceptors (Lipinski definition) is 3. The molecule has 88 valence electrons. The number of nitrogens with zero attached hydrogens (tertiary/aromatic N) is 1.